The first-order valence-corrected chi connectivity index (χ1v) is 8.73. The number of carbonyl (C=O) groups excluding carboxylic acids is 2. The lowest BCUT2D eigenvalue weighted by atomic mass is 10.2. The van der Waals surface area contributed by atoms with Gasteiger partial charge in [-0.05, 0) is 35.9 Å². The average Bonchev–Trinajstić information content (AvgIpc) is 3.01. The number of pyridine rings is 1. The second kappa shape index (κ2) is 8.26. The Balaban J connectivity index is 1.69. The van der Waals surface area contributed by atoms with Gasteiger partial charge in [0.2, 0.25) is 0 Å². The third kappa shape index (κ3) is 4.68. The molecule has 0 bridgehead atoms. The lowest BCUT2D eigenvalue weighted by Gasteiger charge is -2.21. The van der Waals surface area contributed by atoms with Crippen LogP contribution in [0.2, 0.25) is 0 Å². The predicted octanol–water partition coefficient (Wildman–Crippen LogP) is 2.82. The number of thiol groups is 1. The van der Waals surface area contributed by atoms with Crippen molar-refractivity contribution in [3.05, 3.63) is 54.1 Å². The van der Waals surface area contributed by atoms with E-state index in [9.17, 15) is 14.0 Å². The molecule has 1 aliphatic heterocycles. The molecule has 2 aromatic rings. The molecule has 1 fully saturated rings. The van der Waals surface area contributed by atoms with Crippen molar-refractivity contribution in [1.29, 1.82) is 0 Å². The fourth-order valence-corrected chi connectivity index (χ4v) is 2.95. The molecular weight excluding hydrogens is 371 g/mol. The van der Waals surface area contributed by atoms with Crippen molar-refractivity contribution >= 4 is 35.3 Å². The van der Waals surface area contributed by atoms with E-state index in [1.807, 2.05) is 12.1 Å². The lowest BCUT2D eigenvalue weighted by molar-refractivity contribution is 0.141. The Morgan fingerprint density at radius 3 is 2.81 bits per heavy atom. The number of amides is 2. The topological polar surface area (TPSA) is 74.8 Å². The van der Waals surface area contributed by atoms with Crippen molar-refractivity contribution in [2.45, 2.75) is 12.6 Å². The first-order valence-electron chi connectivity index (χ1n) is 8.28. The number of hydrogen-bond acceptors (Lipinski definition) is 5. The molecule has 142 valence electrons. The van der Waals surface area contributed by atoms with Crippen molar-refractivity contribution < 1.29 is 18.7 Å². The summed E-state index contributed by atoms with van der Waals surface area (Å²) in [5, 5.41) is 1.97. The molecular formula is C18H19FN4O3S. The molecule has 2 amide bonds. The highest BCUT2D eigenvalue weighted by atomic mass is 32.1. The Morgan fingerprint density at radius 1 is 1.41 bits per heavy atom. The lowest BCUT2D eigenvalue weighted by Crippen LogP contribution is -2.32. The Hall–Kier alpha value is -2.81. The standard InChI is InChI=1S/C18H19FN4O3S/c1-22(10-12-4-6-20-7-5-12)16-3-2-13(8-15(16)19)23-11-14(26-18(23)25)9-21-17(24)27/h2-8,14H,9-11H2,1H3,(H2,21,24,27)/t14-/m0/s1. The largest absolute Gasteiger partial charge is 0.442 e. The van der Waals surface area contributed by atoms with Gasteiger partial charge in [0, 0.05) is 26.0 Å². The van der Waals surface area contributed by atoms with E-state index in [1.54, 1.807) is 36.5 Å². The molecule has 1 aliphatic rings. The van der Waals surface area contributed by atoms with Crippen molar-refractivity contribution in [2.24, 2.45) is 0 Å². The molecule has 7 nitrogen and oxygen atoms in total. The van der Waals surface area contributed by atoms with E-state index in [4.69, 9.17) is 4.74 Å². The first-order chi connectivity index (χ1) is 12.9. The number of ether oxygens (including phenoxy) is 1. The minimum absolute atomic E-state index is 0.153. The van der Waals surface area contributed by atoms with Crippen LogP contribution in [0.3, 0.4) is 0 Å². The molecule has 0 unspecified atom stereocenters. The number of nitrogens with one attached hydrogen (secondary N) is 1. The van der Waals surface area contributed by atoms with Crippen LogP contribution in [0.4, 0.5) is 25.4 Å². The van der Waals surface area contributed by atoms with Gasteiger partial charge in [-0.3, -0.25) is 14.7 Å². The molecule has 2 heterocycles. The molecule has 9 heteroatoms. The molecule has 1 saturated heterocycles. The fraction of sp³-hybridized carbons (Fsp3) is 0.278. The molecule has 0 saturated carbocycles. The van der Waals surface area contributed by atoms with Crippen LogP contribution in [0.25, 0.3) is 0 Å². The highest BCUT2D eigenvalue weighted by Gasteiger charge is 2.32. The maximum Gasteiger partial charge on any atom is 0.414 e. The van der Waals surface area contributed by atoms with Gasteiger partial charge in [-0.1, -0.05) is 12.6 Å². The minimum Gasteiger partial charge on any atom is -0.442 e. The molecule has 1 atom stereocenters. The zero-order chi connectivity index (χ0) is 19.4. The number of cyclic esters (lactones) is 1. The normalized spacial score (nSPS) is 16.2. The average molecular weight is 390 g/mol. The van der Waals surface area contributed by atoms with E-state index in [2.05, 4.69) is 22.9 Å². The Bertz CT molecular complexity index is 837. The summed E-state index contributed by atoms with van der Waals surface area (Å²) in [5.41, 5.74) is 1.83. The van der Waals surface area contributed by atoms with E-state index < -0.39 is 23.3 Å². The van der Waals surface area contributed by atoms with E-state index in [0.717, 1.165) is 5.56 Å². The summed E-state index contributed by atoms with van der Waals surface area (Å²) in [4.78, 5) is 30.0. The van der Waals surface area contributed by atoms with Crippen LogP contribution >= 0.6 is 12.6 Å². The number of halogens is 1. The number of benzene rings is 1. The zero-order valence-electron chi connectivity index (χ0n) is 14.6. The summed E-state index contributed by atoms with van der Waals surface area (Å²) in [5.74, 6) is -0.441. The summed E-state index contributed by atoms with van der Waals surface area (Å²) in [7, 11) is 1.79. The van der Waals surface area contributed by atoms with Crippen LogP contribution in [0.1, 0.15) is 5.56 Å². The fourth-order valence-electron chi connectivity index (χ4n) is 2.86. The molecule has 0 aliphatic carbocycles. The van der Waals surface area contributed by atoms with Crippen LogP contribution < -0.4 is 15.1 Å². The highest BCUT2D eigenvalue weighted by Crippen LogP contribution is 2.28. The van der Waals surface area contributed by atoms with Gasteiger partial charge in [0.15, 0.2) is 0 Å². The smallest absolute Gasteiger partial charge is 0.414 e. The van der Waals surface area contributed by atoms with E-state index in [0.29, 0.717) is 17.9 Å². The molecule has 1 N–H and O–H groups in total. The monoisotopic (exact) mass is 390 g/mol. The van der Waals surface area contributed by atoms with E-state index in [-0.39, 0.29) is 13.1 Å². The van der Waals surface area contributed by atoms with Crippen molar-refractivity contribution in [2.75, 3.05) is 29.9 Å². The number of carbonyl (C=O) groups is 2. The van der Waals surface area contributed by atoms with Crippen LogP contribution in [0, 0.1) is 5.82 Å². The van der Waals surface area contributed by atoms with Gasteiger partial charge in [-0.25, -0.2) is 9.18 Å². The van der Waals surface area contributed by atoms with E-state index >= 15 is 0 Å². The molecule has 1 aromatic heterocycles. The van der Waals surface area contributed by atoms with Crippen LogP contribution in [0.5, 0.6) is 0 Å². The van der Waals surface area contributed by atoms with Gasteiger partial charge in [-0.15, -0.1) is 0 Å². The maximum atomic E-state index is 14.6. The van der Waals surface area contributed by atoms with E-state index in [1.165, 1.54) is 11.0 Å². The predicted molar refractivity (Wildman–Crippen MR) is 103 cm³/mol. The molecule has 27 heavy (non-hydrogen) atoms. The van der Waals surface area contributed by atoms with Crippen LogP contribution in [0.15, 0.2) is 42.7 Å². The van der Waals surface area contributed by atoms with Gasteiger partial charge >= 0.3 is 6.09 Å². The quantitative estimate of drug-likeness (QED) is 0.742. The highest BCUT2D eigenvalue weighted by molar-refractivity contribution is 7.96. The number of aromatic nitrogens is 1. The summed E-state index contributed by atoms with van der Waals surface area (Å²) in [6, 6.07) is 8.34. The number of hydrogen-bond donors (Lipinski definition) is 2. The number of anilines is 2. The molecule has 0 radical (unpaired) electrons. The second-order valence-corrected chi connectivity index (χ2v) is 6.56. The van der Waals surface area contributed by atoms with Gasteiger partial charge < -0.3 is 15.0 Å². The SMILES string of the molecule is CN(Cc1ccncc1)c1ccc(N2C[C@H](CNC(=O)S)OC2=O)cc1F. The molecule has 1 aromatic carbocycles. The van der Waals surface area contributed by atoms with Crippen molar-refractivity contribution in [3.8, 4) is 0 Å². The third-order valence-electron chi connectivity index (χ3n) is 4.18. The Kier molecular flexibility index (Phi) is 5.80. The van der Waals surface area contributed by atoms with Crippen molar-refractivity contribution in [3.63, 3.8) is 0 Å². The third-order valence-corrected chi connectivity index (χ3v) is 4.34. The zero-order valence-corrected chi connectivity index (χ0v) is 15.5. The van der Waals surface area contributed by atoms with Crippen LogP contribution in [-0.2, 0) is 11.3 Å². The Morgan fingerprint density at radius 2 is 2.15 bits per heavy atom. The summed E-state index contributed by atoms with van der Waals surface area (Å²) < 4.78 is 19.8. The summed E-state index contributed by atoms with van der Waals surface area (Å²) >= 11 is 3.60. The van der Waals surface area contributed by atoms with Gasteiger partial charge in [0.1, 0.15) is 11.9 Å². The van der Waals surface area contributed by atoms with Gasteiger partial charge in [0.25, 0.3) is 5.24 Å². The van der Waals surface area contributed by atoms with Crippen molar-refractivity contribution in [1.82, 2.24) is 10.3 Å². The number of nitrogens with zero attached hydrogens (tertiary/aromatic N) is 3. The summed E-state index contributed by atoms with van der Waals surface area (Å²) in [6.45, 7) is 0.897. The molecule has 3 rings (SSSR count). The summed E-state index contributed by atoms with van der Waals surface area (Å²) in [6.07, 6.45) is 2.29. The van der Waals surface area contributed by atoms with Gasteiger partial charge in [-0.2, -0.15) is 0 Å². The van der Waals surface area contributed by atoms with Crippen LogP contribution in [-0.4, -0.2) is 42.6 Å². The Labute approximate surface area is 161 Å². The maximum absolute atomic E-state index is 14.6. The number of rotatable bonds is 6. The molecule has 0 spiro atoms. The van der Waals surface area contributed by atoms with Gasteiger partial charge in [0.05, 0.1) is 24.5 Å². The first kappa shape index (κ1) is 19.0. The minimum atomic E-state index is -0.578. The second-order valence-electron chi connectivity index (χ2n) is 6.15.